The maximum atomic E-state index is 12.7. The summed E-state index contributed by atoms with van der Waals surface area (Å²) >= 11 is 1.09. The van der Waals surface area contributed by atoms with Crippen LogP contribution < -0.4 is 10.1 Å². The number of methoxy groups -OCH3 is 1. The standard InChI is InChI=1S/C20H16F3N3O2S/c1-28-16-8-6-15(7-9-16)25-18(27)14-4-2-13(3-5-14)12-29-19-24-11-10-17(26-19)20(21,22)23/h2-11H,12H2,1H3,(H,25,27). The molecule has 0 fully saturated rings. The topological polar surface area (TPSA) is 64.1 Å². The molecule has 5 nitrogen and oxygen atoms in total. The van der Waals surface area contributed by atoms with Crippen LogP contribution in [0.25, 0.3) is 0 Å². The van der Waals surface area contributed by atoms with Crippen molar-refractivity contribution in [1.82, 2.24) is 9.97 Å². The highest BCUT2D eigenvalue weighted by atomic mass is 32.2. The van der Waals surface area contributed by atoms with Crippen LogP contribution in [-0.2, 0) is 11.9 Å². The van der Waals surface area contributed by atoms with Crippen LogP contribution in [0, 0.1) is 0 Å². The summed E-state index contributed by atoms with van der Waals surface area (Å²) < 4.78 is 43.2. The molecule has 0 saturated heterocycles. The monoisotopic (exact) mass is 419 g/mol. The highest BCUT2D eigenvalue weighted by Gasteiger charge is 2.32. The highest BCUT2D eigenvalue weighted by molar-refractivity contribution is 7.98. The number of rotatable bonds is 6. The summed E-state index contributed by atoms with van der Waals surface area (Å²) in [5.41, 5.74) is 0.958. The molecule has 9 heteroatoms. The maximum Gasteiger partial charge on any atom is 0.433 e. The van der Waals surface area contributed by atoms with Gasteiger partial charge in [0.05, 0.1) is 7.11 Å². The molecule has 1 aromatic heterocycles. The van der Waals surface area contributed by atoms with Gasteiger partial charge in [0.2, 0.25) is 0 Å². The lowest BCUT2D eigenvalue weighted by molar-refractivity contribution is -0.141. The van der Waals surface area contributed by atoms with E-state index in [1.165, 1.54) is 0 Å². The molecule has 0 bridgehead atoms. The van der Waals surface area contributed by atoms with Crippen molar-refractivity contribution in [1.29, 1.82) is 0 Å². The Kier molecular flexibility index (Phi) is 6.38. The lowest BCUT2D eigenvalue weighted by Gasteiger charge is -2.08. The molecular formula is C20H16F3N3O2S. The minimum Gasteiger partial charge on any atom is -0.497 e. The van der Waals surface area contributed by atoms with Crippen LogP contribution in [0.1, 0.15) is 21.6 Å². The van der Waals surface area contributed by atoms with Crippen LogP contribution in [0.2, 0.25) is 0 Å². The lowest BCUT2D eigenvalue weighted by Crippen LogP contribution is -2.11. The van der Waals surface area contributed by atoms with Gasteiger partial charge in [-0.2, -0.15) is 13.2 Å². The van der Waals surface area contributed by atoms with Gasteiger partial charge in [0.25, 0.3) is 5.91 Å². The number of carbonyl (C=O) groups excluding carboxylic acids is 1. The van der Waals surface area contributed by atoms with Crippen LogP contribution in [0.15, 0.2) is 66.0 Å². The molecule has 0 spiro atoms. The molecule has 0 unspecified atom stereocenters. The van der Waals surface area contributed by atoms with E-state index in [-0.39, 0.29) is 11.1 Å². The second-order valence-corrected chi connectivity index (χ2v) is 6.83. The van der Waals surface area contributed by atoms with Crippen LogP contribution >= 0.6 is 11.8 Å². The van der Waals surface area contributed by atoms with Gasteiger partial charge in [-0.3, -0.25) is 4.79 Å². The Morgan fingerprint density at radius 3 is 2.38 bits per heavy atom. The number of amides is 1. The first-order chi connectivity index (χ1) is 13.8. The van der Waals surface area contributed by atoms with E-state index in [1.54, 1.807) is 55.6 Å². The van der Waals surface area contributed by atoms with E-state index in [0.29, 0.717) is 22.8 Å². The maximum absolute atomic E-state index is 12.7. The Hall–Kier alpha value is -3.07. The van der Waals surface area contributed by atoms with Gasteiger partial charge in [0.15, 0.2) is 5.16 Å². The van der Waals surface area contributed by atoms with Gasteiger partial charge >= 0.3 is 6.18 Å². The molecule has 1 amide bonds. The first-order valence-electron chi connectivity index (χ1n) is 8.42. The Bertz CT molecular complexity index is 978. The van der Waals surface area contributed by atoms with E-state index in [2.05, 4.69) is 15.3 Å². The van der Waals surface area contributed by atoms with E-state index in [4.69, 9.17) is 4.74 Å². The molecule has 2 aromatic carbocycles. The summed E-state index contributed by atoms with van der Waals surface area (Å²) in [4.78, 5) is 19.7. The Morgan fingerprint density at radius 2 is 1.76 bits per heavy atom. The van der Waals surface area contributed by atoms with Gasteiger partial charge in [0, 0.05) is 23.2 Å². The molecule has 0 atom stereocenters. The van der Waals surface area contributed by atoms with Gasteiger partial charge in [-0.05, 0) is 48.0 Å². The zero-order chi connectivity index (χ0) is 20.9. The Morgan fingerprint density at radius 1 is 1.07 bits per heavy atom. The number of carbonyl (C=O) groups is 1. The summed E-state index contributed by atoms with van der Waals surface area (Å²) in [6.07, 6.45) is -3.41. The number of aromatic nitrogens is 2. The van der Waals surface area contributed by atoms with Crippen molar-refractivity contribution in [3.05, 3.63) is 77.6 Å². The van der Waals surface area contributed by atoms with Crippen molar-refractivity contribution >= 4 is 23.4 Å². The van der Waals surface area contributed by atoms with Crippen LogP contribution in [0.5, 0.6) is 5.75 Å². The number of hydrogen-bond acceptors (Lipinski definition) is 5. The third-order valence-electron chi connectivity index (χ3n) is 3.86. The number of halogens is 3. The van der Waals surface area contributed by atoms with Gasteiger partial charge in [0.1, 0.15) is 11.4 Å². The fourth-order valence-corrected chi connectivity index (χ4v) is 3.13. The van der Waals surface area contributed by atoms with Gasteiger partial charge in [-0.25, -0.2) is 9.97 Å². The van der Waals surface area contributed by atoms with Crippen LogP contribution in [0.3, 0.4) is 0 Å². The smallest absolute Gasteiger partial charge is 0.433 e. The number of benzene rings is 2. The molecular weight excluding hydrogens is 403 g/mol. The average Bonchev–Trinajstić information content (AvgIpc) is 2.73. The third-order valence-corrected chi connectivity index (χ3v) is 4.79. The number of thioether (sulfide) groups is 1. The SMILES string of the molecule is COc1ccc(NC(=O)c2ccc(CSc3nccc(C(F)(F)F)n3)cc2)cc1. The number of nitrogens with zero attached hydrogens (tertiary/aromatic N) is 2. The van der Waals surface area contributed by atoms with Crippen molar-refractivity contribution in [3.63, 3.8) is 0 Å². The normalized spacial score (nSPS) is 11.2. The Balaban J connectivity index is 1.59. The quantitative estimate of drug-likeness (QED) is 0.448. The van der Waals surface area contributed by atoms with Gasteiger partial charge in [-0.15, -0.1) is 0 Å². The fourth-order valence-electron chi connectivity index (χ4n) is 2.35. The van der Waals surface area contributed by atoms with Crippen molar-refractivity contribution in [3.8, 4) is 5.75 Å². The Labute approximate surface area is 169 Å². The van der Waals surface area contributed by atoms with Crippen LogP contribution in [-0.4, -0.2) is 23.0 Å². The number of hydrogen-bond donors (Lipinski definition) is 1. The second-order valence-electron chi connectivity index (χ2n) is 5.89. The fraction of sp³-hybridized carbons (Fsp3) is 0.150. The molecule has 0 saturated carbocycles. The number of ether oxygens (including phenoxy) is 1. The van der Waals surface area contributed by atoms with E-state index in [0.717, 1.165) is 29.6 Å². The lowest BCUT2D eigenvalue weighted by atomic mass is 10.1. The van der Waals surface area contributed by atoms with E-state index >= 15 is 0 Å². The van der Waals surface area contributed by atoms with Gasteiger partial charge < -0.3 is 10.1 Å². The molecule has 29 heavy (non-hydrogen) atoms. The second kappa shape index (κ2) is 8.95. The minimum atomic E-state index is -4.50. The summed E-state index contributed by atoms with van der Waals surface area (Å²) in [5.74, 6) is 0.798. The van der Waals surface area contributed by atoms with E-state index in [1.807, 2.05) is 0 Å². The van der Waals surface area contributed by atoms with Crippen molar-refractivity contribution in [2.45, 2.75) is 17.1 Å². The summed E-state index contributed by atoms with van der Waals surface area (Å²) in [7, 11) is 1.56. The van der Waals surface area contributed by atoms with Crippen molar-refractivity contribution in [2.24, 2.45) is 0 Å². The van der Waals surface area contributed by atoms with Gasteiger partial charge in [-0.1, -0.05) is 23.9 Å². The number of anilines is 1. The summed E-state index contributed by atoms with van der Waals surface area (Å²) in [5, 5.41) is 2.82. The highest BCUT2D eigenvalue weighted by Crippen LogP contribution is 2.29. The zero-order valence-electron chi connectivity index (χ0n) is 15.2. The molecule has 0 aliphatic carbocycles. The predicted octanol–water partition coefficient (Wildman–Crippen LogP) is 5.05. The minimum absolute atomic E-state index is 0.0427. The van der Waals surface area contributed by atoms with E-state index < -0.39 is 11.9 Å². The number of nitrogens with one attached hydrogen (secondary N) is 1. The molecule has 0 aliphatic rings. The predicted molar refractivity (Wildman–Crippen MR) is 104 cm³/mol. The molecule has 1 N–H and O–H groups in total. The average molecular weight is 419 g/mol. The van der Waals surface area contributed by atoms with E-state index in [9.17, 15) is 18.0 Å². The van der Waals surface area contributed by atoms with Crippen molar-refractivity contribution in [2.75, 3.05) is 12.4 Å². The molecule has 1 heterocycles. The summed E-state index contributed by atoms with van der Waals surface area (Å²) in [6, 6.07) is 14.6. The summed E-state index contributed by atoms with van der Waals surface area (Å²) in [6.45, 7) is 0. The molecule has 3 aromatic rings. The zero-order valence-corrected chi connectivity index (χ0v) is 16.1. The molecule has 0 aliphatic heterocycles. The largest absolute Gasteiger partial charge is 0.497 e. The third kappa shape index (κ3) is 5.71. The molecule has 3 rings (SSSR count). The molecule has 0 radical (unpaired) electrons. The van der Waals surface area contributed by atoms with Crippen molar-refractivity contribution < 1.29 is 22.7 Å². The first-order valence-corrected chi connectivity index (χ1v) is 9.41. The molecule has 150 valence electrons. The van der Waals surface area contributed by atoms with Crippen LogP contribution in [0.4, 0.5) is 18.9 Å². The first kappa shape index (κ1) is 20.7. The number of alkyl halides is 3.